The van der Waals surface area contributed by atoms with Crippen molar-refractivity contribution in [3.8, 4) is 0 Å². The number of halogens is 2. The molecule has 0 fully saturated rings. The Morgan fingerprint density at radius 1 is 1.37 bits per heavy atom. The first-order valence-electron chi connectivity index (χ1n) is 5.61. The van der Waals surface area contributed by atoms with E-state index in [0.717, 1.165) is 12.1 Å². The standard InChI is InChI=1S/C13H11F2NO2S/c1-3-19-12-11(13(17)18)6(2)7-4-8(14)9(15)5-10(7)16-12/h4-5H,3H2,1-2H3,(H,17,18). The highest BCUT2D eigenvalue weighted by Gasteiger charge is 2.19. The van der Waals surface area contributed by atoms with Crippen molar-refractivity contribution in [3.05, 3.63) is 34.9 Å². The van der Waals surface area contributed by atoms with E-state index in [1.54, 1.807) is 6.92 Å². The van der Waals surface area contributed by atoms with Gasteiger partial charge in [0.15, 0.2) is 11.6 Å². The number of pyridine rings is 1. The zero-order chi connectivity index (χ0) is 14.2. The van der Waals surface area contributed by atoms with Crippen LogP contribution in [0.25, 0.3) is 10.9 Å². The molecule has 1 aromatic heterocycles. The van der Waals surface area contributed by atoms with Gasteiger partial charge in [-0.05, 0) is 24.3 Å². The van der Waals surface area contributed by atoms with Crippen molar-refractivity contribution in [1.29, 1.82) is 0 Å². The van der Waals surface area contributed by atoms with Gasteiger partial charge in [0.2, 0.25) is 0 Å². The van der Waals surface area contributed by atoms with Gasteiger partial charge in [0, 0.05) is 11.5 Å². The fraction of sp³-hybridized carbons (Fsp3) is 0.231. The molecule has 0 amide bonds. The maximum Gasteiger partial charge on any atom is 0.338 e. The van der Waals surface area contributed by atoms with Crippen molar-refractivity contribution in [1.82, 2.24) is 4.98 Å². The molecule has 1 N–H and O–H groups in total. The molecule has 2 aromatic rings. The smallest absolute Gasteiger partial charge is 0.338 e. The van der Waals surface area contributed by atoms with Gasteiger partial charge in [0.1, 0.15) is 5.03 Å². The van der Waals surface area contributed by atoms with Gasteiger partial charge in [-0.2, -0.15) is 0 Å². The second-order valence-electron chi connectivity index (χ2n) is 3.94. The van der Waals surface area contributed by atoms with E-state index in [9.17, 15) is 18.7 Å². The zero-order valence-electron chi connectivity index (χ0n) is 10.3. The number of aromatic nitrogens is 1. The van der Waals surface area contributed by atoms with Gasteiger partial charge >= 0.3 is 5.97 Å². The highest BCUT2D eigenvalue weighted by atomic mass is 32.2. The fourth-order valence-corrected chi connectivity index (χ4v) is 2.70. The molecule has 0 unspecified atom stereocenters. The number of carboxylic acid groups (broad SMARTS) is 1. The Bertz CT molecular complexity index is 673. The van der Waals surface area contributed by atoms with Crippen molar-refractivity contribution in [2.24, 2.45) is 0 Å². The molecule has 6 heteroatoms. The number of nitrogens with zero attached hydrogens (tertiary/aromatic N) is 1. The molecule has 0 bridgehead atoms. The van der Waals surface area contributed by atoms with Crippen LogP contribution in [0.2, 0.25) is 0 Å². The average molecular weight is 283 g/mol. The molecule has 1 aromatic carbocycles. The van der Waals surface area contributed by atoms with Crippen LogP contribution < -0.4 is 0 Å². The SMILES string of the molecule is CCSc1nc2cc(F)c(F)cc2c(C)c1C(=O)O. The van der Waals surface area contributed by atoms with Crippen LogP contribution in [0.4, 0.5) is 8.78 Å². The molecular weight excluding hydrogens is 272 g/mol. The van der Waals surface area contributed by atoms with Crippen LogP contribution in [-0.4, -0.2) is 21.8 Å². The summed E-state index contributed by atoms with van der Waals surface area (Å²) in [6, 6.07) is 1.98. The predicted molar refractivity (Wildman–Crippen MR) is 69.8 cm³/mol. The highest BCUT2D eigenvalue weighted by Crippen LogP contribution is 2.30. The summed E-state index contributed by atoms with van der Waals surface area (Å²) in [5.74, 6) is -2.48. The molecule has 0 saturated heterocycles. The summed E-state index contributed by atoms with van der Waals surface area (Å²) in [5.41, 5.74) is 0.704. The average Bonchev–Trinajstić information content (AvgIpc) is 2.32. The molecule has 0 aliphatic heterocycles. The third-order valence-electron chi connectivity index (χ3n) is 2.75. The summed E-state index contributed by atoms with van der Waals surface area (Å²) in [7, 11) is 0. The largest absolute Gasteiger partial charge is 0.478 e. The molecule has 0 radical (unpaired) electrons. The fourth-order valence-electron chi connectivity index (χ4n) is 1.88. The minimum absolute atomic E-state index is 0.0466. The molecule has 0 spiro atoms. The normalized spacial score (nSPS) is 10.9. The second kappa shape index (κ2) is 5.13. The molecule has 0 atom stereocenters. The molecule has 3 nitrogen and oxygen atoms in total. The van der Waals surface area contributed by atoms with Gasteiger partial charge in [-0.1, -0.05) is 6.92 Å². The van der Waals surface area contributed by atoms with E-state index >= 15 is 0 Å². The maximum atomic E-state index is 13.3. The molecule has 0 aliphatic carbocycles. The number of hydrogen-bond donors (Lipinski definition) is 1. The van der Waals surface area contributed by atoms with Crippen LogP contribution >= 0.6 is 11.8 Å². The maximum absolute atomic E-state index is 13.3. The Labute approximate surface area is 112 Å². The molecule has 100 valence electrons. The zero-order valence-corrected chi connectivity index (χ0v) is 11.1. The van der Waals surface area contributed by atoms with Gasteiger partial charge in [-0.15, -0.1) is 11.8 Å². The minimum Gasteiger partial charge on any atom is -0.478 e. The summed E-state index contributed by atoms with van der Waals surface area (Å²) in [4.78, 5) is 15.4. The molecule has 1 heterocycles. The Morgan fingerprint density at radius 3 is 2.58 bits per heavy atom. The van der Waals surface area contributed by atoms with E-state index in [4.69, 9.17) is 0 Å². The van der Waals surface area contributed by atoms with E-state index in [0.29, 0.717) is 21.7 Å². The Kier molecular flexibility index (Phi) is 3.71. The first-order valence-corrected chi connectivity index (χ1v) is 6.59. The number of fused-ring (bicyclic) bond motifs is 1. The Balaban J connectivity index is 2.84. The van der Waals surface area contributed by atoms with Crippen LogP contribution in [-0.2, 0) is 0 Å². The van der Waals surface area contributed by atoms with E-state index in [1.165, 1.54) is 11.8 Å². The van der Waals surface area contributed by atoms with Crippen LogP contribution in [0.3, 0.4) is 0 Å². The predicted octanol–water partition coefficient (Wildman–Crippen LogP) is 3.63. The third kappa shape index (κ3) is 2.40. The molecular formula is C13H11F2NO2S. The van der Waals surface area contributed by atoms with E-state index in [-0.39, 0.29) is 11.1 Å². The van der Waals surface area contributed by atoms with Crippen molar-refractivity contribution < 1.29 is 18.7 Å². The number of carboxylic acids is 1. The van der Waals surface area contributed by atoms with E-state index in [2.05, 4.69) is 4.98 Å². The van der Waals surface area contributed by atoms with Gasteiger partial charge in [-0.3, -0.25) is 0 Å². The summed E-state index contributed by atoms with van der Waals surface area (Å²) in [6.07, 6.45) is 0. The number of hydrogen-bond acceptors (Lipinski definition) is 3. The second-order valence-corrected chi connectivity index (χ2v) is 5.19. The van der Waals surface area contributed by atoms with Gasteiger partial charge < -0.3 is 5.11 Å². The highest BCUT2D eigenvalue weighted by molar-refractivity contribution is 7.99. The summed E-state index contributed by atoms with van der Waals surface area (Å²) in [5, 5.41) is 9.88. The number of carbonyl (C=O) groups is 1. The quantitative estimate of drug-likeness (QED) is 0.874. The van der Waals surface area contributed by atoms with Crippen molar-refractivity contribution in [2.75, 3.05) is 5.75 Å². The summed E-state index contributed by atoms with van der Waals surface area (Å²) >= 11 is 1.26. The lowest BCUT2D eigenvalue weighted by Gasteiger charge is -2.11. The molecule has 0 saturated carbocycles. The van der Waals surface area contributed by atoms with Gasteiger partial charge in [-0.25, -0.2) is 18.6 Å². The van der Waals surface area contributed by atoms with Crippen molar-refractivity contribution >= 4 is 28.6 Å². The van der Waals surface area contributed by atoms with Gasteiger partial charge in [0.25, 0.3) is 0 Å². The van der Waals surface area contributed by atoms with E-state index < -0.39 is 17.6 Å². The topological polar surface area (TPSA) is 50.2 Å². The first kappa shape index (κ1) is 13.7. The molecule has 2 rings (SSSR count). The van der Waals surface area contributed by atoms with Crippen molar-refractivity contribution in [3.63, 3.8) is 0 Å². The van der Waals surface area contributed by atoms with Crippen LogP contribution in [0.15, 0.2) is 17.2 Å². The number of benzene rings is 1. The Morgan fingerprint density at radius 2 is 2.00 bits per heavy atom. The summed E-state index contributed by atoms with van der Waals surface area (Å²) in [6.45, 7) is 3.44. The van der Waals surface area contributed by atoms with E-state index in [1.807, 2.05) is 6.92 Å². The molecule has 0 aliphatic rings. The number of aromatic carboxylic acids is 1. The first-order chi connectivity index (χ1) is 8.95. The minimum atomic E-state index is -1.12. The monoisotopic (exact) mass is 283 g/mol. The number of rotatable bonds is 3. The van der Waals surface area contributed by atoms with Crippen LogP contribution in [0.5, 0.6) is 0 Å². The lowest BCUT2D eigenvalue weighted by atomic mass is 10.0. The lowest BCUT2D eigenvalue weighted by molar-refractivity contribution is 0.0691. The molecule has 19 heavy (non-hydrogen) atoms. The van der Waals surface area contributed by atoms with Gasteiger partial charge in [0.05, 0.1) is 11.1 Å². The third-order valence-corrected chi connectivity index (χ3v) is 3.61. The van der Waals surface area contributed by atoms with Crippen molar-refractivity contribution in [2.45, 2.75) is 18.9 Å². The summed E-state index contributed by atoms with van der Waals surface area (Å²) < 4.78 is 26.5. The Hall–Kier alpha value is -1.69. The number of aryl methyl sites for hydroxylation is 1. The lowest BCUT2D eigenvalue weighted by Crippen LogP contribution is -2.06. The van der Waals surface area contributed by atoms with Crippen LogP contribution in [0.1, 0.15) is 22.8 Å². The van der Waals surface area contributed by atoms with Crippen LogP contribution in [0, 0.1) is 18.6 Å². The number of thioether (sulfide) groups is 1.